The number of hydrogen-bond acceptors (Lipinski definition) is 4. The maximum absolute atomic E-state index is 14.2. The fraction of sp³-hybridized carbons (Fsp3) is 0.645. The molecule has 0 bridgehead atoms. The molecule has 0 aliphatic heterocycles. The highest BCUT2D eigenvalue weighted by Gasteiger charge is 2.38. The monoisotopic (exact) mass is 527 g/mol. The lowest BCUT2D eigenvalue weighted by Gasteiger charge is -2.36. The molecule has 212 valence electrons. The van der Waals surface area contributed by atoms with Gasteiger partial charge in [0.2, 0.25) is 11.8 Å². The number of hydrogen-bond donors (Lipinski definition) is 2. The number of benzene rings is 1. The summed E-state index contributed by atoms with van der Waals surface area (Å²) in [5, 5.41) is 5.91. The fourth-order valence-electron chi connectivity index (χ4n) is 4.26. The van der Waals surface area contributed by atoms with Crippen LogP contribution < -0.4 is 10.6 Å². The van der Waals surface area contributed by atoms with Crippen molar-refractivity contribution < 1.29 is 19.1 Å². The Kier molecular flexibility index (Phi) is 14.0. The molecular weight excluding hydrogens is 478 g/mol. The van der Waals surface area contributed by atoms with E-state index < -0.39 is 23.8 Å². The number of terminal acetylenes is 1. The van der Waals surface area contributed by atoms with Gasteiger partial charge in [-0.05, 0) is 64.2 Å². The topological polar surface area (TPSA) is 87.7 Å². The lowest BCUT2D eigenvalue weighted by molar-refractivity contribution is -0.143. The summed E-state index contributed by atoms with van der Waals surface area (Å²) < 4.78 is 5.47. The van der Waals surface area contributed by atoms with Crippen LogP contribution in [0.1, 0.15) is 111 Å². The SMILES string of the molecule is C#Cc1ccc(C(C(=O)NC(C)CCC)N(CCCCC)C(=O)C(NC(=O)OC(C)(C)C)C(C)CC)cc1. The van der Waals surface area contributed by atoms with Gasteiger partial charge in [0, 0.05) is 18.2 Å². The van der Waals surface area contributed by atoms with Gasteiger partial charge in [-0.2, -0.15) is 0 Å². The minimum atomic E-state index is -0.863. The van der Waals surface area contributed by atoms with Crippen molar-refractivity contribution in [1.29, 1.82) is 0 Å². The molecule has 0 spiro atoms. The van der Waals surface area contributed by atoms with Gasteiger partial charge in [-0.3, -0.25) is 9.59 Å². The Bertz CT molecular complexity index is 930. The van der Waals surface area contributed by atoms with Crippen LogP contribution in [0.5, 0.6) is 0 Å². The third-order valence-electron chi connectivity index (χ3n) is 6.50. The molecule has 38 heavy (non-hydrogen) atoms. The number of rotatable bonds is 14. The van der Waals surface area contributed by atoms with Crippen LogP contribution in [-0.2, 0) is 14.3 Å². The van der Waals surface area contributed by atoms with Gasteiger partial charge in [-0.25, -0.2) is 4.79 Å². The molecule has 0 fully saturated rings. The summed E-state index contributed by atoms with van der Waals surface area (Å²) in [4.78, 5) is 42.4. The molecule has 0 aliphatic rings. The molecule has 1 aromatic rings. The number of ether oxygens (including phenoxy) is 1. The summed E-state index contributed by atoms with van der Waals surface area (Å²) in [6.07, 6.45) is 9.94. The Balaban J connectivity index is 3.55. The first-order valence-corrected chi connectivity index (χ1v) is 14.0. The van der Waals surface area contributed by atoms with E-state index >= 15 is 0 Å². The standard InChI is InChI=1S/C31H49N3O4/c1-10-14-15-21-34(29(36)26(22(5)12-3)33-30(37)38-31(7,8)9)27(28(35)32-23(6)16-11-2)25-19-17-24(13-4)18-20-25/h4,17-20,22-23,26-27H,10-12,14-16,21H2,1-3,5-9H3,(H,32,35)(H,33,37). The molecule has 1 rings (SSSR count). The fourth-order valence-corrected chi connectivity index (χ4v) is 4.26. The number of amides is 3. The van der Waals surface area contributed by atoms with Crippen molar-refractivity contribution in [1.82, 2.24) is 15.5 Å². The van der Waals surface area contributed by atoms with Gasteiger partial charge in [-0.15, -0.1) is 6.42 Å². The van der Waals surface area contributed by atoms with Crippen LogP contribution in [0.15, 0.2) is 24.3 Å². The summed E-state index contributed by atoms with van der Waals surface area (Å²) in [7, 11) is 0. The highest BCUT2D eigenvalue weighted by molar-refractivity contribution is 5.92. The Morgan fingerprint density at radius 3 is 2.13 bits per heavy atom. The summed E-state index contributed by atoms with van der Waals surface area (Å²) in [5.74, 6) is 1.89. The van der Waals surface area contributed by atoms with Gasteiger partial charge < -0.3 is 20.3 Å². The Morgan fingerprint density at radius 2 is 1.63 bits per heavy atom. The predicted molar refractivity (Wildman–Crippen MR) is 153 cm³/mol. The zero-order valence-electron chi connectivity index (χ0n) is 24.7. The number of nitrogens with zero attached hydrogens (tertiary/aromatic N) is 1. The highest BCUT2D eigenvalue weighted by atomic mass is 16.6. The van der Waals surface area contributed by atoms with Gasteiger partial charge in [0.25, 0.3) is 0 Å². The van der Waals surface area contributed by atoms with Crippen molar-refractivity contribution in [2.75, 3.05) is 6.54 Å². The summed E-state index contributed by atoms with van der Waals surface area (Å²) in [5.41, 5.74) is 0.667. The Labute approximate surface area is 230 Å². The Hall–Kier alpha value is -3.01. The van der Waals surface area contributed by atoms with Crippen LogP contribution in [0.3, 0.4) is 0 Å². The van der Waals surface area contributed by atoms with Crippen molar-refractivity contribution in [3.05, 3.63) is 35.4 Å². The average Bonchev–Trinajstić information content (AvgIpc) is 2.85. The molecule has 4 unspecified atom stereocenters. The van der Waals surface area contributed by atoms with Gasteiger partial charge in [0.1, 0.15) is 17.7 Å². The lowest BCUT2D eigenvalue weighted by atomic mass is 9.95. The third-order valence-corrected chi connectivity index (χ3v) is 6.50. The van der Waals surface area contributed by atoms with Gasteiger partial charge in [-0.1, -0.05) is 71.4 Å². The van der Waals surface area contributed by atoms with Crippen molar-refractivity contribution in [3.8, 4) is 12.3 Å². The van der Waals surface area contributed by atoms with E-state index in [9.17, 15) is 14.4 Å². The molecule has 3 amide bonds. The normalized spacial score (nSPS) is 14.4. The van der Waals surface area contributed by atoms with Crippen LogP contribution in [0, 0.1) is 18.3 Å². The van der Waals surface area contributed by atoms with Crippen molar-refractivity contribution in [3.63, 3.8) is 0 Å². The van der Waals surface area contributed by atoms with Crippen LogP contribution in [0.2, 0.25) is 0 Å². The first-order valence-electron chi connectivity index (χ1n) is 14.0. The minimum absolute atomic E-state index is 0.0437. The van der Waals surface area contributed by atoms with Crippen LogP contribution in [0.4, 0.5) is 4.79 Å². The molecule has 0 heterocycles. The van der Waals surface area contributed by atoms with E-state index in [-0.39, 0.29) is 23.8 Å². The second-order valence-corrected chi connectivity index (χ2v) is 11.1. The van der Waals surface area contributed by atoms with Gasteiger partial charge >= 0.3 is 6.09 Å². The van der Waals surface area contributed by atoms with E-state index in [1.54, 1.807) is 37.8 Å². The second kappa shape index (κ2) is 16.1. The van der Waals surface area contributed by atoms with E-state index in [0.29, 0.717) is 24.1 Å². The Morgan fingerprint density at radius 1 is 1.00 bits per heavy atom. The number of carbonyl (C=O) groups excluding carboxylic acids is 3. The van der Waals surface area contributed by atoms with Crippen LogP contribution >= 0.6 is 0 Å². The van der Waals surface area contributed by atoms with Crippen LogP contribution in [0.25, 0.3) is 0 Å². The summed E-state index contributed by atoms with van der Waals surface area (Å²) in [6, 6.07) is 5.43. The molecule has 0 aliphatic carbocycles. The van der Waals surface area contributed by atoms with E-state index in [1.807, 2.05) is 32.9 Å². The van der Waals surface area contributed by atoms with Crippen molar-refractivity contribution in [2.45, 2.75) is 118 Å². The molecule has 0 saturated heterocycles. The lowest BCUT2D eigenvalue weighted by Crippen LogP contribution is -2.55. The molecule has 0 saturated carbocycles. The number of unbranched alkanes of at least 4 members (excludes halogenated alkanes) is 2. The number of nitrogens with one attached hydrogen (secondary N) is 2. The summed E-state index contributed by atoms with van der Waals surface area (Å²) >= 11 is 0. The first kappa shape index (κ1) is 33.0. The number of alkyl carbamates (subject to hydrolysis) is 1. The van der Waals surface area contributed by atoms with E-state index in [2.05, 4.69) is 30.4 Å². The molecule has 2 N–H and O–H groups in total. The van der Waals surface area contributed by atoms with E-state index in [4.69, 9.17) is 11.2 Å². The molecule has 7 nitrogen and oxygen atoms in total. The zero-order chi connectivity index (χ0) is 28.9. The van der Waals surface area contributed by atoms with Gasteiger partial charge in [0.15, 0.2) is 0 Å². The highest BCUT2D eigenvalue weighted by Crippen LogP contribution is 2.26. The third kappa shape index (κ3) is 10.8. The minimum Gasteiger partial charge on any atom is -0.444 e. The summed E-state index contributed by atoms with van der Waals surface area (Å²) in [6.45, 7) is 15.7. The molecular formula is C31H49N3O4. The molecule has 0 radical (unpaired) electrons. The maximum atomic E-state index is 14.2. The first-order chi connectivity index (χ1) is 17.9. The molecule has 7 heteroatoms. The molecule has 1 aromatic carbocycles. The smallest absolute Gasteiger partial charge is 0.408 e. The van der Waals surface area contributed by atoms with Crippen LogP contribution in [-0.4, -0.2) is 47.0 Å². The largest absolute Gasteiger partial charge is 0.444 e. The van der Waals surface area contributed by atoms with E-state index in [0.717, 1.165) is 32.1 Å². The number of carbonyl (C=O) groups is 3. The molecule has 0 aromatic heterocycles. The second-order valence-electron chi connectivity index (χ2n) is 11.1. The van der Waals surface area contributed by atoms with Gasteiger partial charge in [0.05, 0.1) is 0 Å². The van der Waals surface area contributed by atoms with E-state index in [1.165, 1.54) is 0 Å². The maximum Gasteiger partial charge on any atom is 0.408 e. The zero-order valence-corrected chi connectivity index (χ0v) is 24.7. The average molecular weight is 528 g/mol. The van der Waals surface area contributed by atoms with Crippen molar-refractivity contribution in [2.24, 2.45) is 5.92 Å². The quantitative estimate of drug-likeness (QED) is 0.230. The molecule has 4 atom stereocenters. The van der Waals surface area contributed by atoms with Crippen molar-refractivity contribution >= 4 is 17.9 Å². The predicted octanol–water partition coefficient (Wildman–Crippen LogP) is 5.97.